The minimum atomic E-state index is -0.654. The molecule has 0 bridgehead atoms. The maximum Gasteiger partial charge on any atom is 0.358 e. The minimum absolute atomic E-state index is 0.00226. The topological polar surface area (TPSA) is 68.3 Å². The van der Waals surface area contributed by atoms with Crippen molar-refractivity contribution in [3.8, 4) is 0 Å². The number of methoxy groups -OCH3 is 1. The summed E-state index contributed by atoms with van der Waals surface area (Å²) in [6.07, 6.45) is 0. The van der Waals surface area contributed by atoms with E-state index in [0.29, 0.717) is 20.9 Å². The molecule has 1 N–H and O–H groups in total. The molecule has 0 spiro atoms. The van der Waals surface area contributed by atoms with Gasteiger partial charge in [0.25, 0.3) is 0 Å². The fraction of sp³-hybridized carbons (Fsp3) is 0.154. The van der Waals surface area contributed by atoms with Crippen molar-refractivity contribution in [1.82, 2.24) is 4.98 Å². The quantitative estimate of drug-likeness (QED) is 0.665. The van der Waals surface area contributed by atoms with E-state index in [1.807, 2.05) is 0 Å². The van der Waals surface area contributed by atoms with Gasteiger partial charge in [-0.15, -0.1) is 0 Å². The largest absolute Gasteiger partial charge is 0.464 e. The van der Waals surface area contributed by atoms with E-state index in [1.165, 1.54) is 14.0 Å². The fourth-order valence-corrected chi connectivity index (χ4v) is 2.71. The molecule has 1 heterocycles. The second-order valence-corrected chi connectivity index (χ2v) is 5.81. The molecule has 1 aromatic carbocycles. The summed E-state index contributed by atoms with van der Waals surface area (Å²) in [5, 5.41) is 4.18. The molecule has 0 amide bonds. The molecule has 2 aromatic rings. The molecule has 2 rings (SSSR count). The Bertz CT molecular complexity index is 715. The predicted molar refractivity (Wildman–Crippen MR) is 83.2 cm³/mol. The second kappa shape index (κ2) is 6.43. The third-order valence-electron chi connectivity index (χ3n) is 2.50. The number of esters is 1. The number of nitrogens with zero attached hydrogens (tertiary/aromatic N) is 1. The van der Waals surface area contributed by atoms with Crippen molar-refractivity contribution in [3.63, 3.8) is 0 Å². The zero-order chi connectivity index (χ0) is 15.6. The summed E-state index contributed by atoms with van der Waals surface area (Å²) in [7, 11) is 1.23. The third-order valence-corrected chi connectivity index (χ3v) is 4.31. The number of carbonyl (C=O) groups excluding carboxylic acids is 2. The lowest BCUT2D eigenvalue weighted by atomic mass is 10.3. The molecule has 0 saturated carbocycles. The molecule has 8 heteroatoms. The monoisotopic (exact) mass is 344 g/mol. The maximum absolute atomic E-state index is 11.6. The number of carbonyl (C=O) groups is 2. The second-order valence-electron chi connectivity index (χ2n) is 4.00. The van der Waals surface area contributed by atoms with Crippen LogP contribution in [0.2, 0.25) is 10.0 Å². The van der Waals surface area contributed by atoms with E-state index in [0.717, 1.165) is 11.3 Å². The van der Waals surface area contributed by atoms with Crippen molar-refractivity contribution >= 4 is 57.1 Å². The summed E-state index contributed by atoms with van der Waals surface area (Å²) in [4.78, 5) is 27.5. The molecular weight excluding hydrogens is 335 g/mol. The molecule has 0 unspecified atom stereocenters. The Hall–Kier alpha value is -1.63. The number of thiazole rings is 1. The number of hydrogen-bond acceptors (Lipinski definition) is 6. The van der Waals surface area contributed by atoms with Gasteiger partial charge < -0.3 is 10.1 Å². The molecule has 0 aliphatic heterocycles. The van der Waals surface area contributed by atoms with Crippen molar-refractivity contribution in [2.45, 2.75) is 6.92 Å². The lowest BCUT2D eigenvalue weighted by Crippen LogP contribution is -2.07. The zero-order valence-electron chi connectivity index (χ0n) is 11.1. The summed E-state index contributed by atoms with van der Waals surface area (Å²) >= 11 is 12.8. The third kappa shape index (κ3) is 3.53. The van der Waals surface area contributed by atoms with Crippen LogP contribution in [0.3, 0.4) is 0 Å². The van der Waals surface area contributed by atoms with Crippen LogP contribution in [0.15, 0.2) is 18.2 Å². The van der Waals surface area contributed by atoms with Crippen LogP contribution in [0.4, 0.5) is 10.8 Å². The number of hydrogen-bond donors (Lipinski definition) is 1. The van der Waals surface area contributed by atoms with Crippen LogP contribution in [-0.2, 0) is 4.74 Å². The van der Waals surface area contributed by atoms with Crippen molar-refractivity contribution in [2.24, 2.45) is 0 Å². The Balaban J connectivity index is 2.34. The number of aromatic nitrogens is 1. The van der Waals surface area contributed by atoms with Gasteiger partial charge in [-0.25, -0.2) is 9.78 Å². The van der Waals surface area contributed by atoms with Crippen molar-refractivity contribution in [1.29, 1.82) is 0 Å². The molecule has 5 nitrogen and oxygen atoms in total. The minimum Gasteiger partial charge on any atom is -0.464 e. The Morgan fingerprint density at radius 3 is 2.57 bits per heavy atom. The highest BCUT2D eigenvalue weighted by Crippen LogP contribution is 2.30. The number of rotatable bonds is 4. The highest BCUT2D eigenvalue weighted by molar-refractivity contribution is 7.17. The van der Waals surface area contributed by atoms with E-state index in [2.05, 4.69) is 15.0 Å². The van der Waals surface area contributed by atoms with Crippen LogP contribution in [0, 0.1) is 0 Å². The number of ether oxygens (including phenoxy) is 1. The Kier molecular flexibility index (Phi) is 4.82. The van der Waals surface area contributed by atoms with E-state index in [1.54, 1.807) is 18.2 Å². The molecule has 0 aliphatic carbocycles. The first-order valence-electron chi connectivity index (χ1n) is 5.74. The van der Waals surface area contributed by atoms with Crippen LogP contribution in [0.5, 0.6) is 0 Å². The first-order chi connectivity index (χ1) is 9.92. The summed E-state index contributed by atoms with van der Waals surface area (Å²) in [5.74, 6) is -0.909. The standard InChI is InChI=1S/C13H10Cl2N2O3S/c1-6(18)11-10(12(19)20-2)17-13(21-11)16-7-3-4-8(14)9(15)5-7/h3-5H,1-2H3,(H,16,17). The first kappa shape index (κ1) is 15.8. The Morgan fingerprint density at radius 1 is 1.29 bits per heavy atom. The lowest BCUT2D eigenvalue weighted by molar-refractivity contribution is 0.0591. The molecule has 110 valence electrons. The predicted octanol–water partition coefficient (Wildman–Crippen LogP) is 4.18. The molecule has 0 saturated heterocycles. The van der Waals surface area contributed by atoms with Gasteiger partial charge in [-0.05, 0) is 18.2 Å². The van der Waals surface area contributed by atoms with Crippen LogP contribution in [-0.4, -0.2) is 23.8 Å². The average Bonchev–Trinajstić information content (AvgIpc) is 2.86. The van der Waals surface area contributed by atoms with Crippen LogP contribution >= 0.6 is 34.5 Å². The van der Waals surface area contributed by atoms with Gasteiger partial charge in [0.05, 0.1) is 17.2 Å². The highest BCUT2D eigenvalue weighted by Gasteiger charge is 2.21. The molecule has 1 aromatic heterocycles. The van der Waals surface area contributed by atoms with Gasteiger partial charge in [-0.2, -0.15) is 0 Å². The van der Waals surface area contributed by atoms with Crippen molar-refractivity contribution < 1.29 is 14.3 Å². The SMILES string of the molecule is COC(=O)c1nc(Nc2ccc(Cl)c(Cl)c2)sc1C(C)=O. The van der Waals surface area contributed by atoms with E-state index in [9.17, 15) is 9.59 Å². The molecule has 0 aliphatic rings. The first-order valence-corrected chi connectivity index (χ1v) is 7.31. The molecule has 0 atom stereocenters. The number of nitrogens with one attached hydrogen (secondary N) is 1. The number of ketones is 1. The van der Waals surface area contributed by atoms with Crippen molar-refractivity contribution in [3.05, 3.63) is 38.8 Å². The van der Waals surface area contributed by atoms with Gasteiger partial charge in [-0.3, -0.25) is 4.79 Å². The van der Waals surface area contributed by atoms with Crippen LogP contribution in [0.25, 0.3) is 0 Å². The lowest BCUT2D eigenvalue weighted by Gasteiger charge is -2.03. The van der Waals surface area contributed by atoms with E-state index >= 15 is 0 Å². The Morgan fingerprint density at radius 2 is 2.00 bits per heavy atom. The summed E-state index contributed by atoms with van der Waals surface area (Å²) in [5.41, 5.74) is 0.641. The zero-order valence-corrected chi connectivity index (χ0v) is 13.4. The van der Waals surface area contributed by atoms with Gasteiger partial charge in [0.1, 0.15) is 4.88 Å². The average molecular weight is 345 g/mol. The van der Waals surface area contributed by atoms with Gasteiger partial charge in [0.15, 0.2) is 16.6 Å². The molecule has 21 heavy (non-hydrogen) atoms. The van der Waals surface area contributed by atoms with Crippen LogP contribution < -0.4 is 5.32 Å². The van der Waals surface area contributed by atoms with Crippen LogP contribution in [0.1, 0.15) is 27.1 Å². The molecule has 0 fully saturated rings. The molecular formula is C13H10Cl2N2O3S. The smallest absolute Gasteiger partial charge is 0.358 e. The molecule has 0 radical (unpaired) electrons. The van der Waals surface area contributed by atoms with E-state index in [4.69, 9.17) is 23.2 Å². The van der Waals surface area contributed by atoms with E-state index < -0.39 is 5.97 Å². The number of benzene rings is 1. The summed E-state index contributed by atoms with van der Waals surface area (Å²) < 4.78 is 4.61. The van der Waals surface area contributed by atoms with Gasteiger partial charge in [0.2, 0.25) is 0 Å². The Labute approximate surface area is 134 Å². The normalized spacial score (nSPS) is 10.3. The van der Waals surface area contributed by atoms with Gasteiger partial charge in [-0.1, -0.05) is 34.5 Å². The van der Waals surface area contributed by atoms with Gasteiger partial charge in [0, 0.05) is 12.6 Å². The fourth-order valence-electron chi connectivity index (χ4n) is 1.54. The maximum atomic E-state index is 11.6. The number of Topliss-reactive ketones (excluding diaryl/α,β-unsaturated/α-hetero) is 1. The highest BCUT2D eigenvalue weighted by atomic mass is 35.5. The number of halogens is 2. The summed E-state index contributed by atoms with van der Waals surface area (Å²) in [6, 6.07) is 4.96. The van der Waals surface area contributed by atoms with E-state index in [-0.39, 0.29) is 16.4 Å². The van der Waals surface area contributed by atoms with Crippen molar-refractivity contribution in [2.75, 3.05) is 12.4 Å². The summed E-state index contributed by atoms with van der Waals surface area (Å²) in [6.45, 7) is 1.36. The van der Waals surface area contributed by atoms with Gasteiger partial charge >= 0.3 is 5.97 Å². The number of anilines is 2.